The summed E-state index contributed by atoms with van der Waals surface area (Å²) in [5, 5.41) is 5.42. The van der Waals surface area contributed by atoms with Crippen LogP contribution in [0.2, 0.25) is 0 Å². The van der Waals surface area contributed by atoms with Crippen molar-refractivity contribution in [3.8, 4) is 0 Å². The fourth-order valence-corrected chi connectivity index (χ4v) is 2.40. The lowest BCUT2D eigenvalue weighted by molar-refractivity contribution is -0.129. The Morgan fingerprint density at radius 3 is 2.50 bits per heavy atom. The zero-order valence-electron chi connectivity index (χ0n) is 10.1. The van der Waals surface area contributed by atoms with Gasteiger partial charge in [0.2, 0.25) is 11.8 Å². The lowest BCUT2D eigenvalue weighted by atomic mass is 10.2. The largest absolute Gasteiger partial charge is 0.350 e. The molecule has 1 saturated carbocycles. The second-order valence-corrected chi connectivity index (χ2v) is 5.16. The maximum atomic E-state index is 12.1. The Balaban J connectivity index is 1.94. The minimum atomic E-state index is -0.816. The molecule has 1 aliphatic carbocycles. The first-order valence-corrected chi connectivity index (χ1v) is 6.35. The molecule has 0 bridgehead atoms. The monoisotopic (exact) mass is 264 g/mol. The summed E-state index contributed by atoms with van der Waals surface area (Å²) in [6, 6.07) is 9.65. The van der Waals surface area contributed by atoms with Crippen LogP contribution in [0, 0.1) is 0 Å². The zero-order chi connectivity index (χ0) is 13.2. The molecule has 0 saturated heterocycles. The average molecular weight is 264 g/mol. The molecule has 0 radical (unpaired) electrons. The van der Waals surface area contributed by atoms with Gasteiger partial charge in [0.25, 0.3) is 0 Å². The molecular formula is C13H16N2O2S. The molecule has 1 fully saturated rings. The maximum absolute atomic E-state index is 12.1. The first kappa shape index (κ1) is 13.0. The van der Waals surface area contributed by atoms with Crippen LogP contribution in [0.1, 0.15) is 18.9 Å². The Morgan fingerprint density at radius 2 is 2.00 bits per heavy atom. The van der Waals surface area contributed by atoms with Gasteiger partial charge in [-0.15, -0.1) is 0 Å². The molecule has 1 aromatic rings. The van der Waals surface area contributed by atoms with Gasteiger partial charge in [-0.25, -0.2) is 0 Å². The van der Waals surface area contributed by atoms with Gasteiger partial charge in [-0.1, -0.05) is 30.3 Å². The molecular weight excluding hydrogens is 248 g/mol. The summed E-state index contributed by atoms with van der Waals surface area (Å²) in [7, 11) is 0. The Bertz CT molecular complexity index is 463. The highest BCUT2D eigenvalue weighted by Gasteiger charge is 2.59. The summed E-state index contributed by atoms with van der Waals surface area (Å²) in [5.41, 5.74) is 0.212. The number of thiol groups is 1. The van der Waals surface area contributed by atoms with E-state index in [2.05, 4.69) is 23.3 Å². The molecule has 1 aliphatic rings. The van der Waals surface area contributed by atoms with E-state index in [1.165, 1.54) is 6.92 Å². The van der Waals surface area contributed by atoms with Crippen LogP contribution in [-0.2, 0) is 16.1 Å². The van der Waals surface area contributed by atoms with E-state index < -0.39 is 5.54 Å². The number of carbonyl (C=O) groups excluding carboxylic acids is 2. The maximum Gasteiger partial charge on any atom is 0.247 e. The van der Waals surface area contributed by atoms with Gasteiger partial charge >= 0.3 is 0 Å². The highest BCUT2D eigenvalue weighted by molar-refractivity contribution is 7.81. The molecule has 0 aliphatic heterocycles. The second-order valence-electron chi connectivity index (χ2n) is 4.54. The zero-order valence-corrected chi connectivity index (χ0v) is 11.0. The SMILES string of the molecule is CC(=O)NC1(C(=O)NCc2ccccc2)CC1S. The molecule has 0 heterocycles. The van der Waals surface area contributed by atoms with E-state index in [0.29, 0.717) is 13.0 Å². The van der Waals surface area contributed by atoms with Gasteiger partial charge in [0, 0.05) is 18.7 Å². The molecule has 0 spiro atoms. The van der Waals surface area contributed by atoms with Gasteiger partial charge < -0.3 is 10.6 Å². The van der Waals surface area contributed by atoms with E-state index in [4.69, 9.17) is 0 Å². The molecule has 2 N–H and O–H groups in total. The summed E-state index contributed by atoms with van der Waals surface area (Å²) >= 11 is 4.28. The van der Waals surface area contributed by atoms with Crippen molar-refractivity contribution in [1.82, 2.24) is 10.6 Å². The third-order valence-electron chi connectivity index (χ3n) is 3.02. The number of benzene rings is 1. The summed E-state index contributed by atoms with van der Waals surface area (Å²) in [4.78, 5) is 23.2. The van der Waals surface area contributed by atoms with Crippen LogP contribution in [0.15, 0.2) is 30.3 Å². The highest BCUT2D eigenvalue weighted by atomic mass is 32.1. The van der Waals surface area contributed by atoms with E-state index in [1.54, 1.807) is 0 Å². The van der Waals surface area contributed by atoms with Crippen molar-refractivity contribution in [3.05, 3.63) is 35.9 Å². The van der Waals surface area contributed by atoms with E-state index >= 15 is 0 Å². The average Bonchev–Trinajstić information content (AvgIpc) is 2.98. The predicted molar refractivity (Wildman–Crippen MR) is 72.2 cm³/mol. The lowest BCUT2D eigenvalue weighted by Gasteiger charge is -2.17. The smallest absolute Gasteiger partial charge is 0.247 e. The number of hydrogen-bond donors (Lipinski definition) is 3. The summed E-state index contributed by atoms with van der Waals surface area (Å²) in [5.74, 6) is -0.372. The third kappa shape index (κ3) is 2.67. The Labute approximate surface area is 112 Å². The van der Waals surface area contributed by atoms with Crippen LogP contribution < -0.4 is 10.6 Å². The standard InChI is InChI=1S/C13H16N2O2S/c1-9(16)15-13(7-11(13)18)12(17)14-8-10-5-3-2-4-6-10/h2-6,11,18H,7-8H2,1H3,(H,14,17)(H,15,16). The minimum Gasteiger partial charge on any atom is -0.350 e. The van der Waals surface area contributed by atoms with Crippen molar-refractivity contribution in [2.45, 2.75) is 30.7 Å². The Hall–Kier alpha value is -1.49. The van der Waals surface area contributed by atoms with Crippen molar-refractivity contribution < 1.29 is 9.59 Å². The molecule has 4 nitrogen and oxygen atoms in total. The fraction of sp³-hybridized carbons (Fsp3) is 0.385. The number of hydrogen-bond acceptors (Lipinski definition) is 3. The summed E-state index contributed by atoms with van der Waals surface area (Å²) in [6.45, 7) is 1.87. The summed E-state index contributed by atoms with van der Waals surface area (Å²) < 4.78 is 0. The lowest BCUT2D eigenvalue weighted by Crippen LogP contribution is -2.50. The molecule has 2 unspecified atom stereocenters. The molecule has 96 valence electrons. The number of rotatable bonds is 4. The van der Waals surface area contributed by atoms with Crippen LogP contribution >= 0.6 is 12.6 Å². The molecule has 2 atom stereocenters. The van der Waals surface area contributed by atoms with Crippen molar-refractivity contribution in [3.63, 3.8) is 0 Å². The van der Waals surface area contributed by atoms with Crippen LogP contribution in [0.5, 0.6) is 0 Å². The number of carbonyl (C=O) groups is 2. The summed E-state index contributed by atoms with van der Waals surface area (Å²) in [6.07, 6.45) is 0.580. The van der Waals surface area contributed by atoms with Crippen molar-refractivity contribution in [1.29, 1.82) is 0 Å². The molecule has 1 aromatic carbocycles. The van der Waals surface area contributed by atoms with Gasteiger partial charge in [0.15, 0.2) is 0 Å². The van der Waals surface area contributed by atoms with Gasteiger partial charge in [0.1, 0.15) is 5.54 Å². The van der Waals surface area contributed by atoms with E-state index in [-0.39, 0.29) is 17.1 Å². The van der Waals surface area contributed by atoms with Gasteiger partial charge in [-0.3, -0.25) is 9.59 Å². The molecule has 2 rings (SSSR count). The Kier molecular flexibility index (Phi) is 3.61. The van der Waals surface area contributed by atoms with Crippen LogP contribution in [0.4, 0.5) is 0 Å². The second kappa shape index (κ2) is 5.02. The number of nitrogens with one attached hydrogen (secondary N) is 2. The molecule has 2 amide bonds. The van der Waals surface area contributed by atoms with Gasteiger partial charge in [-0.05, 0) is 12.0 Å². The van der Waals surface area contributed by atoms with Crippen molar-refractivity contribution in [2.24, 2.45) is 0 Å². The quantitative estimate of drug-likeness (QED) is 0.707. The van der Waals surface area contributed by atoms with E-state index in [1.807, 2.05) is 30.3 Å². The van der Waals surface area contributed by atoms with E-state index in [9.17, 15) is 9.59 Å². The third-order valence-corrected chi connectivity index (χ3v) is 3.65. The normalized spacial score (nSPS) is 25.3. The topological polar surface area (TPSA) is 58.2 Å². The number of amides is 2. The van der Waals surface area contributed by atoms with Crippen LogP contribution in [0.3, 0.4) is 0 Å². The van der Waals surface area contributed by atoms with Crippen LogP contribution in [0.25, 0.3) is 0 Å². The predicted octanol–water partition coefficient (Wildman–Crippen LogP) is 0.880. The fourth-order valence-electron chi connectivity index (χ4n) is 1.93. The van der Waals surface area contributed by atoms with Gasteiger partial charge in [-0.2, -0.15) is 12.6 Å². The highest BCUT2D eigenvalue weighted by Crippen LogP contribution is 2.41. The molecule has 0 aromatic heterocycles. The van der Waals surface area contributed by atoms with Crippen molar-refractivity contribution >= 4 is 24.4 Å². The first-order valence-electron chi connectivity index (χ1n) is 5.83. The van der Waals surface area contributed by atoms with Crippen molar-refractivity contribution in [2.75, 3.05) is 0 Å². The molecule has 18 heavy (non-hydrogen) atoms. The van der Waals surface area contributed by atoms with E-state index in [0.717, 1.165) is 5.56 Å². The molecule has 5 heteroatoms. The first-order chi connectivity index (χ1) is 8.54. The van der Waals surface area contributed by atoms with Crippen LogP contribution in [-0.4, -0.2) is 22.6 Å². The van der Waals surface area contributed by atoms with Gasteiger partial charge in [0.05, 0.1) is 0 Å². The minimum absolute atomic E-state index is 0.0998. The Morgan fingerprint density at radius 1 is 1.39 bits per heavy atom.